The zero-order valence-corrected chi connectivity index (χ0v) is 8.27. The highest BCUT2D eigenvalue weighted by atomic mass is 16.4. The Morgan fingerprint density at radius 3 is 2.93 bits per heavy atom. The minimum Gasteiger partial charge on any atom is -0.478 e. The number of hydrogen-bond donors (Lipinski definition) is 1. The molecule has 0 amide bonds. The average Bonchev–Trinajstić information content (AvgIpc) is 2.27. The maximum Gasteiger partial charge on any atom is 0.337 e. The molecule has 15 heavy (non-hydrogen) atoms. The Labute approximate surface area is 86.6 Å². The standard InChI is InChI=1S/C11H10N2O2/c1-2-9-12-6-7-4-3-5-8(11(14)15)10(7)13-9/h3-6H,2H2,1H3,(H,14,15). The lowest BCUT2D eigenvalue weighted by Crippen LogP contribution is -2.01. The Kier molecular flexibility index (Phi) is 2.33. The van der Waals surface area contributed by atoms with Gasteiger partial charge >= 0.3 is 5.97 Å². The van der Waals surface area contributed by atoms with E-state index in [1.807, 2.05) is 6.92 Å². The molecule has 0 radical (unpaired) electrons. The van der Waals surface area contributed by atoms with E-state index in [2.05, 4.69) is 9.97 Å². The van der Waals surface area contributed by atoms with Crippen LogP contribution in [0.4, 0.5) is 0 Å². The van der Waals surface area contributed by atoms with Crippen LogP contribution in [0.5, 0.6) is 0 Å². The molecule has 4 nitrogen and oxygen atoms in total. The van der Waals surface area contributed by atoms with E-state index >= 15 is 0 Å². The highest BCUT2D eigenvalue weighted by Gasteiger charge is 2.09. The van der Waals surface area contributed by atoms with Crippen molar-refractivity contribution in [3.8, 4) is 0 Å². The number of para-hydroxylation sites is 1. The fourth-order valence-corrected chi connectivity index (χ4v) is 1.44. The number of aromatic nitrogens is 2. The number of nitrogens with zero attached hydrogens (tertiary/aromatic N) is 2. The predicted octanol–water partition coefficient (Wildman–Crippen LogP) is 1.89. The van der Waals surface area contributed by atoms with Gasteiger partial charge in [-0.15, -0.1) is 0 Å². The topological polar surface area (TPSA) is 63.1 Å². The van der Waals surface area contributed by atoms with Crippen LogP contribution < -0.4 is 0 Å². The minimum absolute atomic E-state index is 0.226. The molecule has 0 unspecified atom stereocenters. The van der Waals surface area contributed by atoms with Gasteiger partial charge in [0, 0.05) is 18.0 Å². The maximum atomic E-state index is 11.0. The number of rotatable bonds is 2. The third-order valence-electron chi connectivity index (χ3n) is 2.21. The lowest BCUT2D eigenvalue weighted by atomic mass is 10.1. The summed E-state index contributed by atoms with van der Waals surface area (Å²) in [4.78, 5) is 19.3. The van der Waals surface area contributed by atoms with Crippen molar-refractivity contribution in [1.29, 1.82) is 0 Å². The molecule has 0 aliphatic carbocycles. The number of carboxylic acid groups (broad SMARTS) is 1. The molecule has 0 atom stereocenters. The van der Waals surface area contributed by atoms with Crippen molar-refractivity contribution < 1.29 is 9.90 Å². The Bertz CT molecular complexity index is 523. The molecule has 1 aromatic heterocycles. The molecule has 1 heterocycles. The summed E-state index contributed by atoms with van der Waals surface area (Å²) < 4.78 is 0. The lowest BCUT2D eigenvalue weighted by molar-refractivity contribution is 0.0699. The molecule has 4 heteroatoms. The number of aromatic carboxylic acids is 1. The van der Waals surface area contributed by atoms with Crippen LogP contribution in [0.25, 0.3) is 10.9 Å². The highest BCUT2D eigenvalue weighted by Crippen LogP contribution is 2.15. The second kappa shape index (κ2) is 3.65. The number of carboxylic acids is 1. The van der Waals surface area contributed by atoms with Crippen LogP contribution >= 0.6 is 0 Å². The van der Waals surface area contributed by atoms with Crippen molar-refractivity contribution in [2.75, 3.05) is 0 Å². The van der Waals surface area contributed by atoms with Gasteiger partial charge in [-0.2, -0.15) is 0 Å². The van der Waals surface area contributed by atoms with Crippen LogP contribution in [0.2, 0.25) is 0 Å². The molecule has 0 bridgehead atoms. The fourth-order valence-electron chi connectivity index (χ4n) is 1.44. The van der Waals surface area contributed by atoms with Gasteiger partial charge in [-0.3, -0.25) is 0 Å². The van der Waals surface area contributed by atoms with Crippen LogP contribution in [-0.2, 0) is 6.42 Å². The zero-order chi connectivity index (χ0) is 10.8. The summed E-state index contributed by atoms with van der Waals surface area (Å²) in [5, 5.41) is 9.74. The number of benzene rings is 1. The third kappa shape index (κ3) is 1.66. The van der Waals surface area contributed by atoms with E-state index in [9.17, 15) is 4.79 Å². The summed E-state index contributed by atoms with van der Waals surface area (Å²) in [6.45, 7) is 1.94. The molecule has 1 N–H and O–H groups in total. The van der Waals surface area contributed by atoms with Gasteiger partial charge in [0.05, 0.1) is 11.1 Å². The van der Waals surface area contributed by atoms with E-state index in [0.29, 0.717) is 17.8 Å². The van der Waals surface area contributed by atoms with Gasteiger partial charge < -0.3 is 5.11 Å². The molecule has 0 fully saturated rings. The molecule has 2 rings (SSSR count). The van der Waals surface area contributed by atoms with Gasteiger partial charge in [-0.25, -0.2) is 14.8 Å². The minimum atomic E-state index is -0.957. The van der Waals surface area contributed by atoms with Crippen molar-refractivity contribution >= 4 is 16.9 Å². The van der Waals surface area contributed by atoms with Crippen LogP contribution in [-0.4, -0.2) is 21.0 Å². The summed E-state index contributed by atoms with van der Waals surface area (Å²) in [6.07, 6.45) is 2.36. The van der Waals surface area contributed by atoms with E-state index in [1.54, 1.807) is 24.4 Å². The third-order valence-corrected chi connectivity index (χ3v) is 2.21. The first-order valence-electron chi connectivity index (χ1n) is 4.70. The van der Waals surface area contributed by atoms with Gasteiger partial charge in [-0.05, 0) is 6.07 Å². The second-order valence-corrected chi connectivity index (χ2v) is 3.19. The quantitative estimate of drug-likeness (QED) is 0.807. The van der Waals surface area contributed by atoms with E-state index < -0.39 is 5.97 Å². The van der Waals surface area contributed by atoms with E-state index in [1.165, 1.54) is 0 Å². The average molecular weight is 202 g/mol. The Hall–Kier alpha value is -1.97. The summed E-state index contributed by atoms with van der Waals surface area (Å²) in [7, 11) is 0. The van der Waals surface area contributed by atoms with Gasteiger partial charge in [-0.1, -0.05) is 19.1 Å². The largest absolute Gasteiger partial charge is 0.478 e. The molecule has 0 aliphatic rings. The molecule has 1 aromatic carbocycles. The molecule has 2 aromatic rings. The van der Waals surface area contributed by atoms with Gasteiger partial charge in [0.1, 0.15) is 5.82 Å². The Morgan fingerprint density at radius 2 is 2.27 bits per heavy atom. The number of hydrogen-bond acceptors (Lipinski definition) is 3. The van der Waals surface area contributed by atoms with Gasteiger partial charge in [0.25, 0.3) is 0 Å². The van der Waals surface area contributed by atoms with Crippen molar-refractivity contribution in [2.45, 2.75) is 13.3 Å². The van der Waals surface area contributed by atoms with Gasteiger partial charge in [0.2, 0.25) is 0 Å². The highest BCUT2D eigenvalue weighted by molar-refractivity contribution is 6.01. The normalized spacial score (nSPS) is 10.5. The van der Waals surface area contributed by atoms with E-state index in [-0.39, 0.29) is 5.56 Å². The van der Waals surface area contributed by atoms with Crippen LogP contribution in [0.15, 0.2) is 24.4 Å². The summed E-state index contributed by atoms with van der Waals surface area (Å²) >= 11 is 0. The molecule has 0 aliphatic heterocycles. The lowest BCUT2D eigenvalue weighted by Gasteiger charge is -2.02. The number of aryl methyl sites for hydroxylation is 1. The molecule has 0 spiro atoms. The van der Waals surface area contributed by atoms with Crippen molar-refractivity contribution in [1.82, 2.24) is 9.97 Å². The molecular weight excluding hydrogens is 192 g/mol. The molecule has 0 saturated heterocycles. The first-order valence-corrected chi connectivity index (χ1v) is 4.70. The van der Waals surface area contributed by atoms with E-state index in [0.717, 1.165) is 5.39 Å². The van der Waals surface area contributed by atoms with Crippen molar-refractivity contribution in [3.05, 3.63) is 35.8 Å². The molecule has 0 saturated carbocycles. The molecule has 76 valence electrons. The first-order chi connectivity index (χ1) is 7.22. The SMILES string of the molecule is CCc1ncc2cccc(C(=O)O)c2n1. The zero-order valence-electron chi connectivity index (χ0n) is 8.27. The first kappa shape index (κ1) is 9.58. The summed E-state index contributed by atoms with van der Waals surface area (Å²) in [5.74, 6) is -0.294. The van der Waals surface area contributed by atoms with Gasteiger partial charge in [0.15, 0.2) is 0 Å². The summed E-state index contributed by atoms with van der Waals surface area (Å²) in [5.41, 5.74) is 0.737. The Morgan fingerprint density at radius 1 is 1.47 bits per heavy atom. The second-order valence-electron chi connectivity index (χ2n) is 3.19. The van der Waals surface area contributed by atoms with Crippen LogP contribution in [0.1, 0.15) is 23.1 Å². The fraction of sp³-hybridized carbons (Fsp3) is 0.182. The number of fused-ring (bicyclic) bond motifs is 1. The van der Waals surface area contributed by atoms with Crippen molar-refractivity contribution in [2.24, 2.45) is 0 Å². The van der Waals surface area contributed by atoms with E-state index in [4.69, 9.17) is 5.11 Å². The summed E-state index contributed by atoms with van der Waals surface area (Å²) in [6, 6.07) is 5.05. The van der Waals surface area contributed by atoms with Crippen LogP contribution in [0, 0.1) is 0 Å². The maximum absolute atomic E-state index is 11.0. The van der Waals surface area contributed by atoms with Crippen LogP contribution in [0.3, 0.4) is 0 Å². The predicted molar refractivity (Wildman–Crippen MR) is 55.9 cm³/mol. The molecular formula is C11H10N2O2. The van der Waals surface area contributed by atoms with Crippen molar-refractivity contribution in [3.63, 3.8) is 0 Å². The monoisotopic (exact) mass is 202 g/mol. The number of carbonyl (C=O) groups is 1. The smallest absolute Gasteiger partial charge is 0.337 e. The Balaban J connectivity index is 2.76.